The SMILES string of the molecule is O=C(Nc1cccnc1Cl)N[C@@H]1CCC[C@@H]1n1ccnc1. The Kier molecular flexibility index (Phi) is 4.06. The van der Waals surface area contributed by atoms with Crippen LogP contribution in [0.4, 0.5) is 10.5 Å². The molecule has 2 N–H and O–H groups in total. The predicted molar refractivity (Wildman–Crippen MR) is 80.3 cm³/mol. The van der Waals surface area contributed by atoms with Crippen molar-refractivity contribution in [2.75, 3.05) is 5.32 Å². The lowest BCUT2D eigenvalue weighted by atomic mass is 10.2. The largest absolute Gasteiger partial charge is 0.333 e. The van der Waals surface area contributed by atoms with Gasteiger partial charge in [-0.1, -0.05) is 11.6 Å². The van der Waals surface area contributed by atoms with Gasteiger partial charge in [0.2, 0.25) is 0 Å². The molecule has 0 radical (unpaired) electrons. The highest BCUT2D eigenvalue weighted by atomic mass is 35.5. The van der Waals surface area contributed by atoms with Gasteiger partial charge in [-0.3, -0.25) is 0 Å². The summed E-state index contributed by atoms with van der Waals surface area (Å²) in [7, 11) is 0. The maximum Gasteiger partial charge on any atom is 0.319 e. The fourth-order valence-corrected chi connectivity index (χ4v) is 2.90. The summed E-state index contributed by atoms with van der Waals surface area (Å²) in [6.07, 6.45) is 10.1. The van der Waals surface area contributed by atoms with Gasteiger partial charge in [-0.05, 0) is 31.4 Å². The molecule has 3 rings (SSSR count). The zero-order chi connectivity index (χ0) is 14.7. The lowest BCUT2D eigenvalue weighted by Gasteiger charge is -2.22. The summed E-state index contributed by atoms with van der Waals surface area (Å²) in [6.45, 7) is 0. The second kappa shape index (κ2) is 6.13. The van der Waals surface area contributed by atoms with Gasteiger partial charge >= 0.3 is 6.03 Å². The van der Waals surface area contributed by atoms with E-state index < -0.39 is 0 Å². The van der Waals surface area contributed by atoms with Crippen LogP contribution in [0.25, 0.3) is 0 Å². The number of hydrogen-bond acceptors (Lipinski definition) is 3. The van der Waals surface area contributed by atoms with Crippen LogP contribution in [0.3, 0.4) is 0 Å². The summed E-state index contributed by atoms with van der Waals surface area (Å²) in [5.74, 6) is 0. The fraction of sp³-hybridized carbons (Fsp3) is 0.357. The summed E-state index contributed by atoms with van der Waals surface area (Å²) in [6, 6.07) is 3.53. The van der Waals surface area contributed by atoms with Crippen LogP contribution in [0.5, 0.6) is 0 Å². The number of rotatable bonds is 3. The van der Waals surface area contributed by atoms with Crippen LogP contribution in [-0.4, -0.2) is 26.6 Å². The Morgan fingerprint density at radius 2 is 2.29 bits per heavy atom. The molecule has 1 aliphatic carbocycles. The van der Waals surface area contributed by atoms with Crippen molar-refractivity contribution in [1.29, 1.82) is 0 Å². The monoisotopic (exact) mass is 305 g/mol. The zero-order valence-corrected chi connectivity index (χ0v) is 12.1. The molecule has 1 saturated carbocycles. The lowest BCUT2D eigenvalue weighted by molar-refractivity contribution is 0.245. The van der Waals surface area contributed by atoms with Crippen LogP contribution >= 0.6 is 11.6 Å². The van der Waals surface area contributed by atoms with Crippen molar-refractivity contribution in [2.45, 2.75) is 31.3 Å². The van der Waals surface area contributed by atoms with E-state index in [0.717, 1.165) is 19.3 Å². The molecule has 2 aromatic heterocycles. The van der Waals surface area contributed by atoms with Gasteiger partial charge < -0.3 is 15.2 Å². The molecule has 2 aromatic rings. The Labute approximate surface area is 127 Å². The topological polar surface area (TPSA) is 71.8 Å². The lowest BCUT2D eigenvalue weighted by Crippen LogP contribution is -2.40. The van der Waals surface area contributed by atoms with E-state index in [-0.39, 0.29) is 23.3 Å². The molecule has 2 atom stereocenters. The Morgan fingerprint density at radius 1 is 1.38 bits per heavy atom. The van der Waals surface area contributed by atoms with Gasteiger partial charge in [-0.2, -0.15) is 0 Å². The molecule has 2 heterocycles. The number of nitrogens with zero attached hydrogens (tertiary/aromatic N) is 3. The van der Waals surface area contributed by atoms with Crippen molar-refractivity contribution in [3.05, 3.63) is 42.2 Å². The van der Waals surface area contributed by atoms with Gasteiger partial charge in [-0.25, -0.2) is 14.8 Å². The fourth-order valence-electron chi connectivity index (χ4n) is 2.74. The normalized spacial score (nSPS) is 21.2. The maximum atomic E-state index is 12.1. The minimum Gasteiger partial charge on any atom is -0.333 e. The van der Waals surface area contributed by atoms with Gasteiger partial charge in [-0.15, -0.1) is 0 Å². The molecular weight excluding hydrogens is 290 g/mol. The predicted octanol–water partition coefficient (Wildman–Crippen LogP) is 2.85. The van der Waals surface area contributed by atoms with E-state index in [0.29, 0.717) is 5.69 Å². The summed E-state index contributed by atoms with van der Waals surface area (Å²) in [5, 5.41) is 6.02. The second-order valence-electron chi connectivity index (χ2n) is 5.05. The first-order valence-corrected chi connectivity index (χ1v) is 7.27. The Morgan fingerprint density at radius 3 is 3.05 bits per heavy atom. The summed E-state index contributed by atoms with van der Waals surface area (Å²) in [4.78, 5) is 20.1. The van der Waals surface area contributed by atoms with Crippen molar-refractivity contribution in [1.82, 2.24) is 19.9 Å². The molecule has 110 valence electrons. The smallest absolute Gasteiger partial charge is 0.319 e. The van der Waals surface area contributed by atoms with Gasteiger partial charge in [0.25, 0.3) is 0 Å². The third-order valence-electron chi connectivity index (χ3n) is 3.71. The number of pyridine rings is 1. The Balaban J connectivity index is 1.63. The zero-order valence-electron chi connectivity index (χ0n) is 11.4. The molecular formula is C14H16ClN5O. The number of urea groups is 1. The number of nitrogens with one attached hydrogen (secondary N) is 2. The number of aromatic nitrogens is 3. The van der Waals surface area contributed by atoms with Crippen molar-refractivity contribution < 1.29 is 4.79 Å². The van der Waals surface area contributed by atoms with E-state index in [4.69, 9.17) is 11.6 Å². The van der Waals surface area contributed by atoms with Gasteiger partial charge in [0.1, 0.15) is 0 Å². The van der Waals surface area contributed by atoms with E-state index in [2.05, 4.69) is 25.2 Å². The summed E-state index contributed by atoms with van der Waals surface area (Å²) < 4.78 is 2.05. The van der Waals surface area contributed by atoms with Gasteiger partial charge in [0, 0.05) is 18.6 Å². The van der Waals surface area contributed by atoms with Crippen LogP contribution < -0.4 is 10.6 Å². The Bertz CT molecular complexity index is 616. The number of imidazole rings is 1. The first kappa shape index (κ1) is 13.9. The molecule has 0 spiro atoms. The molecule has 0 aliphatic heterocycles. The number of carbonyl (C=O) groups excluding carboxylic acids is 1. The van der Waals surface area contributed by atoms with Crippen LogP contribution in [0.1, 0.15) is 25.3 Å². The number of halogens is 1. The average Bonchev–Trinajstić information content (AvgIpc) is 3.11. The molecule has 21 heavy (non-hydrogen) atoms. The van der Waals surface area contributed by atoms with E-state index in [1.165, 1.54) is 0 Å². The number of hydrogen-bond donors (Lipinski definition) is 2. The van der Waals surface area contributed by atoms with Crippen LogP contribution in [-0.2, 0) is 0 Å². The van der Waals surface area contributed by atoms with Gasteiger partial charge in [0.15, 0.2) is 5.15 Å². The molecule has 0 bridgehead atoms. The average molecular weight is 306 g/mol. The molecule has 1 fully saturated rings. The molecule has 7 heteroatoms. The number of amides is 2. The number of carbonyl (C=O) groups is 1. The molecule has 0 unspecified atom stereocenters. The molecule has 1 aliphatic rings. The van der Waals surface area contributed by atoms with E-state index in [9.17, 15) is 4.79 Å². The number of anilines is 1. The summed E-state index contributed by atoms with van der Waals surface area (Å²) >= 11 is 5.93. The third-order valence-corrected chi connectivity index (χ3v) is 4.01. The standard InChI is InChI=1S/C14H16ClN5O/c15-13-11(4-2-6-17-13)19-14(21)18-10-3-1-5-12(10)20-8-7-16-9-20/h2,4,6-10,12H,1,3,5H2,(H2,18,19,21)/t10-,12+/m1/s1. The third kappa shape index (κ3) is 3.16. The first-order valence-electron chi connectivity index (χ1n) is 6.89. The van der Waals surface area contributed by atoms with E-state index in [1.807, 2.05) is 6.20 Å². The first-order chi connectivity index (χ1) is 10.2. The van der Waals surface area contributed by atoms with E-state index in [1.54, 1.807) is 30.9 Å². The highest BCUT2D eigenvalue weighted by molar-refractivity contribution is 6.32. The second-order valence-corrected chi connectivity index (χ2v) is 5.41. The van der Waals surface area contributed by atoms with Crippen molar-refractivity contribution >= 4 is 23.3 Å². The van der Waals surface area contributed by atoms with Crippen molar-refractivity contribution in [3.63, 3.8) is 0 Å². The highest BCUT2D eigenvalue weighted by Gasteiger charge is 2.29. The molecule has 2 amide bonds. The molecule has 6 nitrogen and oxygen atoms in total. The quantitative estimate of drug-likeness (QED) is 0.857. The Hall–Kier alpha value is -2.08. The van der Waals surface area contributed by atoms with Crippen LogP contribution in [0.15, 0.2) is 37.1 Å². The van der Waals surface area contributed by atoms with Crippen molar-refractivity contribution in [2.24, 2.45) is 0 Å². The van der Waals surface area contributed by atoms with Crippen molar-refractivity contribution in [3.8, 4) is 0 Å². The highest BCUT2D eigenvalue weighted by Crippen LogP contribution is 2.30. The van der Waals surface area contributed by atoms with Crippen LogP contribution in [0.2, 0.25) is 5.15 Å². The van der Waals surface area contributed by atoms with Gasteiger partial charge in [0.05, 0.1) is 24.1 Å². The molecule has 0 saturated heterocycles. The minimum absolute atomic E-state index is 0.0923. The minimum atomic E-state index is -0.262. The molecule has 0 aromatic carbocycles. The van der Waals surface area contributed by atoms with Crippen LogP contribution in [0, 0.1) is 0 Å². The van der Waals surface area contributed by atoms with E-state index >= 15 is 0 Å². The summed E-state index contributed by atoms with van der Waals surface area (Å²) in [5.41, 5.74) is 0.508. The maximum absolute atomic E-state index is 12.1.